The van der Waals surface area contributed by atoms with Gasteiger partial charge in [0.05, 0.1) is 24.2 Å². The highest BCUT2D eigenvalue weighted by Crippen LogP contribution is 2.37. The van der Waals surface area contributed by atoms with Crippen LogP contribution in [0.1, 0.15) is 49.3 Å². The van der Waals surface area contributed by atoms with Crippen molar-refractivity contribution in [3.63, 3.8) is 0 Å². The van der Waals surface area contributed by atoms with Crippen LogP contribution >= 0.6 is 23.1 Å². The van der Waals surface area contributed by atoms with Gasteiger partial charge in [-0.1, -0.05) is 68.1 Å². The molecule has 5 aromatic rings. The van der Waals surface area contributed by atoms with E-state index < -0.39 is 0 Å². The predicted molar refractivity (Wildman–Crippen MR) is 162 cm³/mol. The maximum absolute atomic E-state index is 14.1. The Labute approximate surface area is 242 Å². The molecule has 0 saturated heterocycles. The number of thiophene rings is 1. The Bertz CT molecular complexity index is 1690. The van der Waals surface area contributed by atoms with Crippen molar-refractivity contribution in [1.82, 2.24) is 19.2 Å². The van der Waals surface area contributed by atoms with E-state index in [2.05, 4.69) is 52.7 Å². The first-order valence-corrected chi connectivity index (χ1v) is 15.7. The van der Waals surface area contributed by atoms with Crippen molar-refractivity contribution >= 4 is 39.1 Å². The van der Waals surface area contributed by atoms with Crippen LogP contribution in [0.15, 0.2) is 64.5 Å². The van der Waals surface area contributed by atoms with Crippen LogP contribution in [0, 0.1) is 5.92 Å². The summed E-state index contributed by atoms with van der Waals surface area (Å²) in [6.07, 6.45) is 1.74. The Morgan fingerprint density at radius 1 is 1.05 bits per heavy atom. The molecule has 7 nitrogen and oxygen atoms in total. The first-order valence-electron chi connectivity index (χ1n) is 13.8. The van der Waals surface area contributed by atoms with Crippen LogP contribution in [0.4, 0.5) is 0 Å². The van der Waals surface area contributed by atoms with Crippen molar-refractivity contribution in [3.05, 3.63) is 86.5 Å². The molecule has 0 aliphatic carbocycles. The molecule has 1 atom stereocenters. The molecule has 4 heterocycles. The van der Waals surface area contributed by atoms with Gasteiger partial charge >= 0.3 is 0 Å². The molecule has 2 aromatic carbocycles. The van der Waals surface area contributed by atoms with Crippen LogP contribution in [-0.4, -0.2) is 31.4 Å². The summed E-state index contributed by atoms with van der Waals surface area (Å²) in [6, 6.07) is 18.5. The molecule has 0 radical (unpaired) electrons. The van der Waals surface area contributed by atoms with Gasteiger partial charge in [0.2, 0.25) is 5.78 Å². The van der Waals surface area contributed by atoms with Crippen LogP contribution in [0.5, 0.6) is 5.75 Å². The Kier molecular flexibility index (Phi) is 7.70. The van der Waals surface area contributed by atoms with Gasteiger partial charge in [0, 0.05) is 23.6 Å². The lowest BCUT2D eigenvalue weighted by atomic mass is 9.96. The van der Waals surface area contributed by atoms with E-state index in [1.54, 1.807) is 23.1 Å². The number of nitrogens with zero attached hydrogens (tertiary/aromatic N) is 4. The lowest BCUT2D eigenvalue weighted by Gasteiger charge is -2.26. The third-order valence-corrected chi connectivity index (χ3v) is 9.49. The van der Waals surface area contributed by atoms with E-state index in [1.807, 2.05) is 48.7 Å². The number of hydrogen-bond acceptors (Lipinski definition) is 7. The van der Waals surface area contributed by atoms with E-state index in [9.17, 15) is 4.79 Å². The van der Waals surface area contributed by atoms with Gasteiger partial charge in [-0.25, -0.2) is 4.40 Å². The molecule has 3 aromatic heterocycles. The summed E-state index contributed by atoms with van der Waals surface area (Å²) in [5.41, 5.74) is 3.51. The Morgan fingerprint density at radius 3 is 2.55 bits per heavy atom. The normalized spacial score (nSPS) is 15.4. The summed E-state index contributed by atoms with van der Waals surface area (Å²) in [4.78, 5) is 16.2. The van der Waals surface area contributed by atoms with Crippen molar-refractivity contribution < 1.29 is 9.47 Å². The molecule has 0 N–H and O–H groups in total. The number of aryl methyl sites for hydroxylation is 2. The molecule has 1 aliphatic rings. The van der Waals surface area contributed by atoms with Gasteiger partial charge in [0.1, 0.15) is 10.6 Å². The van der Waals surface area contributed by atoms with Crippen LogP contribution < -0.4 is 10.3 Å². The van der Waals surface area contributed by atoms with Gasteiger partial charge in [-0.2, -0.15) is 0 Å². The Morgan fingerprint density at radius 2 is 1.82 bits per heavy atom. The topological polar surface area (TPSA) is 70.7 Å². The summed E-state index contributed by atoms with van der Waals surface area (Å²) in [5, 5.41) is 10.7. The van der Waals surface area contributed by atoms with Gasteiger partial charge in [0.15, 0.2) is 5.16 Å². The molecule has 0 bridgehead atoms. The number of thioether (sulfide) groups is 1. The van der Waals surface area contributed by atoms with Crippen LogP contribution in [0.2, 0.25) is 0 Å². The van der Waals surface area contributed by atoms with E-state index in [0.29, 0.717) is 24.8 Å². The summed E-state index contributed by atoms with van der Waals surface area (Å²) in [7, 11) is 0. The molecule has 208 valence electrons. The van der Waals surface area contributed by atoms with Crippen molar-refractivity contribution in [2.75, 3.05) is 0 Å². The van der Waals surface area contributed by atoms with E-state index in [0.717, 1.165) is 50.2 Å². The highest BCUT2D eigenvalue weighted by atomic mass is 32.2. The molecule has 0 fully saturated rings. The van der Waals surface area contributed by atoms with E-state index in [-0.39, 0.29) is 17.8 Å². The highest BCUT2D eigenvalue weighted by molar-refractivity contribution is 7.98. The number of aromatic nitrogens is 4. The fourth-order valence-corrected chi connectivity index (χ4v) is 7.37. The minimum absolute atomic E-state index is 0.0185. The standard InChI is InChI=1S/C31H34N4O3S2/c1-19(2)25-16-24-26(17-37-25)40-29-27(24)28(36)34(15-14-21-8-6-5-7-9-21)30-32-33-31(35(29)30)39-18-22-10-12-23(13-11-22)38-20(3)4/h5-13,19-20,25H,14-18H2,1-4H3/t25-/m1/s1. The van der Waals surface area contributed by atoms with Crippen LogP contribution in [0.25, 0.3) is 16.0 Å². The van der Waals surface area contributed by atoms with Crippen LogP contribution in [-0.2, 0) is 36.5 Å². The molecule has 0 spiro atoms. The zero-order valence-electron chi connectivity index (χ0n) is 23.3. The number of hydrogen-bond donors (Lipinski definition) is 0. The summed E-state index contributed by atoms with van der Waals surface area (Å²) >= 11 is 3.28. The second-order valence-electron chi connectivity index (χ2n) is 10.9. The Hall–Kier alpha value is -3.14. The molecule has 6 rings (SSSR count). The van der Waals surface area contributed by atoms with E-state index in [4.69, 9.17) is 9.47 Å². The molecule has 9 heteroatoms. The van der Waals surface area contributed by atoms with E-state index in [1.165, 1.54) is 11.1 Å². The fourth-order valence-electron chi connectivity index (χ4n) is 5.18. The van der Waals surface area contributed by atoms with Crippen molar-refractivity contribution in [2.45, 2.75) is 76.8 Å². The molecule has 0 unspecified atom stereocenters. The van der Waals surface area contributed by atoms with Crippen molar-refractivity contribution in [1.29, 1.82) is 0 Å². The second kappa shape index (κ2) is 11.4. The van der Waals surface area contributed by atoms with Crippen LogP contribution in [0.3, 0.4) is 0 Å². The quantitative estimate of drug-likeness (QED) is 0.187. The average Bonchev–Trinajstić information content (AvgIpc) is 3.54. The van der Waals surface area contributed by atoms with Gasteiger partial charge in [-0.3, -0.25) is 9.36 Å². The minimum atomic E-state index is 0.0185. The van der Waals surface area contributed by atoms with Gasteiger partial charge in [-0.15, -0.1) is 21.5 Å². The average molecular weight is 575 g/mol. The largest absolute Gasteiger partial charge is 0.491 e. The van der Waals surface area contributed by atoms with E-state index >= 15 is 0 Å². The molecule has 40 heavy (non-hydrogen) atoms. The number of ether oxygens (including phenoxy) is 2. The maximum Gasteiger partial charge on any atom is 0.263 e. The third kappa shape index (κ3) is 5.30. The lowest BCUT2D eigenvalue weighted by Crippen LogP contribution is -2.29. The van der Waals surface area contributed by atoms with Crippen molar-refractivity contribution in [3.8, 4) is 5.75 Å². The zero-order chi connectivity index (χ0) is 27.8. The zero-order valence-corrected chi connectivity index (χ0v) is 24.9. The summed E-state index contributed by atoms with van der Waals surface area (Å²) in [5.74, 6) is 2.57. The van der Waals surface area contributed by atoms with Gasteiger partial charge in [0.25, 0.3) is 5.56 Å². The number of benzene rings is 2. The lowest BCUT2D eigenvalue weighted by molar-refractivity contribution is 0.00200. The molecule has 1 aliphatic heterocycles. The van der Waals surface area contributed by atoms with Gasteiger partial charge < -0.3 is 9.47 Å². The first kappa shape index (κ1) is 27.1. The third-order valence-electron chi connectivity index (χ3n) is 7.30. The smallest absolute Gasteiger partial charge is 0.263 e. The number of rotatable bonds is 9. The fraction of sp³-hybridized carbons (Fsp3) is 0.387. The molecular weight excluding hydrogens is 541 g/mol. The predicted octanol–water partition coefficient (Wildman–Crippen LogP) is 6.53. The maximum atomic E-state index is 14.1. The first-order chi connectivity index (χ1) is 19.4. The number of fused-ring (bicyclic) bond motifs is 5. The highest BCUT2D eigenvalue weighted by Gasteiger charge is 2.29. The van der Waals surface area contributed by atoms with Gasteiger partial charge in [-0.05, 0) is 55.0 Å². The SMILES string of the molecule is CC(C)Oc1ccc(CSc2nnc3n(CCc4ccccc4)c(=O)c4c5c(sc4n23)CO[C@@H](C(C)C)C5)cc1. The Balaban J connectivity index is 1.40. The molecule has 0 amide bonds. The molecule has 0 saturated carbocycles. The molecular formula is C31H34N4O3S2. The summed E-state index contributed by atoms with van der Waals surface area (Å²) in [6.45, 7) is 9.48. The van der Waals surface area contributed by atoms with Crippen molar-refractivity contribution in [2.24, 2.45) is 5.92 Å². The summed E-state index contributed by atoms with van der Waals surface area (Å²) < 4.78 is 15.9. The second-order valence-corrected chi connectivity index (χ2v) is 12.9. The monoisotopic (exact) mass is 574 g/mol. The minimum Gasteiger partial charge on any atom is -0.491 e.